The number of thiophene rings is 1. The number of carboxylic acid groups (broad SMARTS) is 1. The van der Waals surface area contributed by atoms with Gasteiger partial charge in [0.1, 0.15) is 6.61 Å². The summed E-state index contributed by atoms with van der Waals surface area (Å²) in [7, 11) is 0. The molecule has 0 spiro atoms. The highest BCUT2D eigenvalue weighted by Gasteiger charge is 2.26. The first-order chi connectivity index (χ1) is 10.2. The van der Waals surface area contributed by atoms with Crippen LogP contribution in [0.2, 0.25) is 0 Å². The second-order valence-corrected chi connectivity index (χ2v) is 6.06. The normalized spacial score (nSPS) is 22.3. The molecule has 3 rings (SSSR count). The Morgan fingerprint density at radius 1 is 1.43 bits per heavy atom. The molecule has 6 nitrogen and oxygen atoms in total. The van der Waals surface area contributed by atoms with Crippen LogP contribution in [0.25, 0.3) is 10.7 Å². The molecule has 112 valence electrons. The molecule has 1 fully saturated rings. The van der Waals surface area contributed by atoms with Crippen molar-refractivity contribution in [3.8, 4) is 10.7 Å². The minimum absolute atomic E-state index is 0.0812. The highest BCUT2D eigenvalue weighted by molar-refractivity contribution is 7.13. The zero-order chi connectivity index (χ0) is 14.7. The van der Waals surface area contributed by atoms with Crippen LogP contribution >= 0.6 is 11.3 Å². The fourth-order valence-electron chi connectivity index (χ4n) is 2.48. The van der Waals surface area contributed by atoms with Crippen molar-refractivity contribution in [1.82, 2.24) is 10.1 Å². The molecule has 2 aromatic rings. The number of aromatic nitrogens is 2. The average molecular weight is 308 g/mol. The molecule has 0 bridgehead atoms. The second-order valence-electron chi connectivity index (χ2n) is 5.11. The largest absolute Gasteiger partial charge is 0.481 e. The lowest BCUT2D eigenvalue weighted by molar-refractivity contribution is -0.144. The lowest BCUT2D eigenvalue weighted by Gasteiger charge is -2.25. The summed E-state index contributed by atoms with van der Waals surface area (Å²) < 4.78 is 10.9. The fraction of sp³-hybridized carbons (Fsp3) is 0.500. The zero-order valence-corrected chi connectivity index (χ0v) is 12.2. The lowest BCUT2D eigenvalue weighted by Crippen LogP contribution is -2.25. The Morgan fingerprint density at radius 3 is 2.90 bits per heavy atom. The van der Waals surface area contributed by atoms with Crippen LogP contribution in [0.15, 0.2) is 22.0 Å². The molecule has 21 heavy (non-hydrogen) atoms. The predicted molar refractivity (Wildman–Crippen MR) is 75.8 cm³/mol. The maximum Gasteiger partial charge on any atom is 0.306 e. The van der Waals surface area contributed by atoms with Crippen molar-refractivity contribution in [2.24, 2.45) is 5.92 Å². The number of rotatable bonds is 5. The third-order valence-corrected chi connectivity index (χ3v) is 4.54. The average Bonchev–Trinajstić information content (AvgIpc) is 3.16. The molecule has 1 aliphatic carbocycles. The molecule has 1 N–H and O–H groups in total. The number of hydrogen-bond donors (Lipinski definition) is 1. The fourth-order valence-corrected chi connectivity index (χ4v) is 3.13. The smallest absolute Gasteiger partial charge is 0.306 e. The number of carbonyl (C=O) groups is 1. The maximum absolute atomic E-state index is 10.9. The van der Waals surface area contributed by atoms with E-state index in [-0.39, 0.29) is 18.6 Å². The highest BCUT2D eigenvalue weighted by Crippen LogP contribution is 2.27. The van der Waals surface area contributed by atoms with Gasteiger partial charge >= 0.3 is 5.97 Å². The van der Waals surface area contributed by atoms with Gasteiger partial charge in [-0.05, 0) is 37.1 Å². The van der Waals surface area contributed by atoms with Gasteiger partial charge in [-0.1, -0.05) is 11.2 Å². The number of ether oxygens (including phenoxy) is 1. The van der Waals surface area contributed by atoms with Crippen molar-refractivity contribution >= 4 is 17.3 Å². The quantitative estimate of drug-likeness (QED) is 0.914. The molecule has 0 atom stereocenters. The van der Waals surface area contributed by atoms with Gasteiger partial charge in [-0.15, -0.1) is 11.3 Å². The van der Waals surface area contributed by atoms with Crippen molar-refractivity contribution < 1.29 is 19.2 Å². The molecule has 1 saturated carbocycles. The van der Waals surface area contributed by atoms with Gasteiger partial charge in [0.15, 0.2) is 0 Å². The molecular formula is C14H16N2O4S. The summed E-state index contributed by atoms with van der Waals surface area (Å²) in [5, 5.41) is 14.8. The number of nitrogens with zero attached hydrogens (tertiary/aromatic N) is 2. The van der Waals surface area contributed by atoms with Gasteiger partial charge in [-0.2, -0.15) is 4.98 Å². The number of carboxylic acids is 1. The van der Waals surface area contributed by atoms with E-state index in [9.17, 15) is 4.79 Å². The summed E-state index contributed by atoms with van der Waals surface area (Å²) in [4.78, 5) is 16.1. The third kappa shape index (κ3) is 3.48. The third-order valence-electron chi connectivity index (χ3n) is 3.68. The molecule has 0 radical (unpaired) electrons. The Morgan fingerprint density at radius 2 is 2.24 bits per heavy atom. The van der Waals surface area contributed by atoms with Crippen LogP contribution in [-0.2, 0) is 16.1 Å². The topological polar surface area (TPSA) is 85.5 Å². The summed E-state index contributed by atoms with van der Waals surface area (Å²) in [6.45, 7) is 0.279. The molecule has 7 heteroatoms. The first-order valence-corrected chi connectivity index (χ1v) is 7.81. The molecule has 0 saturated heterocycles. The van der Waals surface area contributed by atoms with E-state index in [1.807, 2.05) is 17.5 Å². The standard InChI is InChI=1S/C14H16N2O4S/c17-14(18)9-3-5-10(6-4-9)19-8-12-15-13(16-20-12)11-2-1-7-21-11/h1-2,7,9-10H,3-6,8H2,(H,17,18). The van der Waals surface area contributed by atoms with Gasteiger partial charge < -0.3 is 14.4 Å². The van der Waals surface area contributed by atoms with Crippen LogP contribution in [-0.4, -0.2) is 27.3 Å². The molecule has 2 aromatic heterocycles. The van der Waals surface area contributed by atoms with Gasteiger partial charge in [-0.3, -0.25) is 4.79 Å². The SMILES string of the molecule is O=C(O)C1CCC(OCc2nc(-c3cccs3)no2)CC1. The van der Waals surface area contributed by atoms with Crippen molar-refractivity contribution in [2.45, 2.75) is 38.4 Å². The van der Waals surface area contributed by atoms with Crippen molar-refractivity contribution in [3.63, 3.8) is 0 Å². The second kappa shape index (κ2) is 6.36. The Kier molecular flexibility index (Phi) is 4.31. The molecule has 0 aliphatic heterocycles. The van der Waals surface area contributed by atoms with E-state index in [0.29, 0.717) is 24.6 Å². The molecule has 0 amide bonds. The van der Waals surface area contributed by atoms with Crippen LogP contribution in [0.4, 0.5) is 0 Å². The predicted octanol–water partition coefficient (Wildman–Crippen LogP) is 2.96. The Labute approximate surface area is 125 Å². The van der Waals surface area contributed by atoms with E-state index in [0.717, 1.165) is 17.7 Å². The van der Waals surface area contributed by atoms with Crippen LogP contribution in [0.1, 0.15) is 31.6 Å². The van der Waals surface area contributed by atoms with Gasteiger partial charge in [0, 0.05) is 0 Å². The van der Waals surface area contributed by atoms with Crippen molar-refractivity contribution in [3.05, 3.63) is 23.4 Å². The van der Waals surface area contributed by atoms with Gasteiger partial charge in [0.05, 0.1) is 16.9 Å². The van der Waals surface area contributed by atoms with E-state index < -0.39 is 5.97 Å². The summed E-state index contributed by atoms with van der Waals surface area (Å²) in [5.41, 5.74) is 0. The summed E-state index contributed by atoms with van der Waals surface area (Å²) in [5.74, 6) is 0.113. The van der Waals surface area contributed by atoms with E-state index >= 15 is 0 Å². The lowest BCUT2D eigenvalue weighted by atomic mass is 9.87. The Bertz CT molecular complexity index is 588. The minimum atomic E-state index is -0.703. The molecule has 0 aromatic carbocycles. The Balaban J connectivity index is 1.49. The molecule has 1 aliphatic rings. The van der Waals surface area contributed by atoms with E-state index in [1.54, 1.807) is 11.3 Å². The van der Waals surface area contributed by atoms with Crippen LogP contribution in [0, 0.1) is 5.92 Å². The molecule has 2 heterocycles. The monoisotopic (exact) mass is 308 g/mol. The zero-order valence-electron chi connectivity index (χ0n) is 11.4. The van der Waals surface area contributed by atoms with E-state index in [4.69, 9.17) is 14.4 Å². The Hall–Kier alpha value is -1.73. The molecule has 0 unspecified atom stereocenters. The number of hydrogen-bond acceptors (Lipinski definition) is 6. The van der Waals surface area contributed by atoms with E-state index in [1.165, 1.54) is 0 Å². The number of aliphatic carboxylic acids is 1. The van der Waals surface area contributed by atoms with Gasteiger partial charge in [0.2, 0.25) is 5.82 Å². The van der Waals surface area contributed by atoms with Gasteiger partial charge in [0.25, 0.3) is 5.89 Å². The minimum Gasteiger partial charge on any atom is -0.481 e. The first-order valence-electron chi connectivity index (χ1n) is 6.93. The first kappa shape index (κ1) is 14.2. The summed E-state index contributed by atoms with van der Waals surface area (Å²) >= 11 is 1.56. The van der Waals surface area contributed by atoms with Crippen molar-refractivity contribution in [1.29, 1.82) is 0 Å². The summed E-state index contributed by atoms with van der Waals surface area (Å²) in [6, 6.07) is 3.88. The highest BCUT2D eigenvalue weighted by atomic mass is 32.1. The van der Waals surface area contributed by atoms with Gasteiger partial charge in [-0.25, -0.2) is 0 Å². The molecular weight excluding hydrogens is 292 g/mol. The van der Waals surface area contributed by atoms with Crippen LogP contribution in [0.5, 0.6) is 0 Å². The summed E-state index contributed by atoms with van der Waals surface area (Å²) in [6.07, 6.45) is 2.96. The van der Waals surface area contributed by atoms with Crippen molar-refractivity contribution in [2.75, 3.05) is 0 Å². The maximum atomic E-state index is 10.9. The van der Waals surface area contributed by atoms with Crippen LogP contribution < -0.4 is 0 Å². The van der Waals surface area contributed by atoms with Crippen LogP contribution in [0.3, 0.4) is 0 Å². The van der Waals surface area contributed by atoms with E-state index in [2.05, 4.69) is 10.1 Å².